The molecule has 0 fully saturated rings. The summed E-state index contributed by atoms with van der Waals surface area (Å²) in [5.41, 5.74) is 5.06. The van der Waals surface area contributed by atoms with Gasteiger partial charge in [0.2, 0.25) is 0 Å². The molecule has 9 heavy (non-hydrogen) atoms. The number of hydrogen-bond donors (Lipinski definition) is 1. The first-order chi connectivity index (χ1) is 4.22. The quantitative estimate of drug-likeness (QED) is 0.339. The maximum Gasteiger partial charge on any atom is 0.172 e. The minimum atomic E-state index is 0.0750. The first-order valence-corrected chi connectivity index (χ1v) is 2.80. The van der Waals surface area contributed by atoms with Crippen LogP contribution in [0.2, 0.25) is 0 Å². The average Bonchev–Trinajstić information content (AvgIpc) is 1.82. The molecule has 0 rings (SSSR count). The first kappa shape index (κ1) is 8.23. The van der Waals surface area contributed by atoms with Gasteiger partial charge in [-0.05, 0) is 5.18 Å². The molecule has 52 valence electrons. The van der Waals surface area contributed by atoms with Crippen LogP contribution in [-0.4, -0.2) is 12.5 Å². The summed E-state index contributed by atoms with van der Waals surface area (Å²) in [5, 5.41) is 2.70. The van der Waals surface area contributed by atoms with Gasteiger partial charge in [0.15, 0.2) is 5.84 Å². The highest BCUT2D eigenvalue weighted by Crippen LogP contribution is 1.96. The van der Waals surface area contributed by atoms with E-state index in [4.69, 9.17) is 5.73 Å². The van der Waals surface area contributed by atoms with Gasteiger partial charge >= 0.3 is 0 Å². The number of nitrogens with zero attached hydrogens (tertiary/aromatic N) is 2. The lowest BCUT2D eigenvalue weighted by atomic mass is 10.2. The minimum absolute atomic E-state index is 0.0750. The van der Waals surface area contributed by atoms with E-state index in [0.29, 0.717) is 0 Å². The zero-order valence-electron chi connectivity index (χ0n) is 5.66. The van der Waals surface area contributed by atoms with E-state index in [-0.39, 0.29) is 18.4 Å². The van der Waals surface area contributed by atoms with Crippen molar-refractivity contribution < 1.29 is 0 Å². The van der Waals surface area contributed by atoms with Crippen LogP contribution >= 0.6 is 0 Å². The Labute approximate surface area is 54.1 Å². The van der Waals surface area contributed by atoms with Crippen LogP contribution in [0.25, 0.3) is 0 Å². The summed E-state index contributed by atoms with van der Waals surface area (Å²) in [6, 6.07) is 0. The van der Waals surface area contributed by atoms with Gasteiger partial charge in [0.1, 0.15) is 0 Å². The molecule has 0 amide bonds. The normalized spacial score (nSPS) is 12.2. The second-order valence-corrected chi connectivity index (χ2v) is 1.94. The summed E-state index contributed by atoms with van der Waals surface area (Å²) in [4.78, 5) is 13.6. The van der Waals surface area contributed by atoms with Gasteiger partial charge in [-0.15, -0.1) is 4.91 Å². The zero-order chi connectivity index (χ0) is 7.28. The molecule has 0 spiro atoms. The summed E-state index contributed by atoms with van der Waals surface area (Å²) in [6.45, 7) is 3.82. The molecule has 0 radical (unpaired) electrons. The second-order valence-electron chi connectivity index (χ2n) is 1.94. The predicted molar refractivity (Wildman–Crippen MR) is 37.1 cm³/mol. The average molecular weight is 129 g/mol. The molecule has 0 aliphatic carbocycles. The number of hydrogen-bond acceptors (Lipinski definition) is 3. The third kappa shape index (κ3) is 2.92. The van der Waals surface area contributed by atoms with Crippen LogP contribution in [0.3, 0.4) is 0 Å². The molecule has 0 bridgehead atoms. The van der Waals surface area contributed by atoms with E-state index in [1.54, 1.807) is 0 Å². The Hall–Kier alpha value is -0.770. The van der Waals surface area contributed by atoms with E-state index in [9.17, 15) is 4.91 Å². The van der Waals surface area contributed by atoms with E-state index >= 15 is 0 Å². The Kier molecular flexibility index (Phi) is 3.79. The van der Waals surface area contributed by atoms with E-state index in [1.165, 1.54) is 0 Å². The molecule has 0 aromatic rings. The molecule has 0 aromatic heterocycles. The highest BCUT2D eigenvalue weighted by atomic mass is 16.3. The fourth-order valence-electron chi connectivity index (χ4n) is 0.410. The molecule has 0 saturated heterocycles. The summed E-state index contributed by atoms with van der Waals surface area (Å²) in [5.74, 6) is 0.364. The van der Waals surface area contributed by atoms with Crippen molar-refractivity contribution in [2.45, 2.75) is 13.8 Å². The molecule has 0 heterocycles. The lowest BCUT2D eigenvalue weighted by Crippen LogP contribution is -2.07. The van der Waals surface area contributed by atoms with E-state index in [2.05, 4.69) is 10.2 Å². The van der Waals surface area contributed by atoms with E-state index in [0.717, 1.165) is 0 Å². The maximum absolute atomic E-state index is 9.90. The van der Waals surface area contributed by atoms with Crippen LogP contribution < -0.4 is 5.73 Å². The molecule has 0 aliphatic rings. The summed E-state index contributed by atoms with van der Waals surface area (Å²) in [6.07, 6.45) is 0. The fraction of sp³-hybridized carbons (Fsp3) is 0.800. The Balaban J connectivity index is 3.97. The van der Waals surface area contributed by atoms with Crippen LogP contribution in [0.15, 0.2) is 10.2 Å². The third-order valence-corrected chi connectivity index (χ3v) is 0.863. The monoisotopic (exact) mass is 129 g/mol. The molecule has 0 unspecified atom stereocenters. The van der Waals surface area contributed by atoms with Crippen molar-refractivity contribution in [3.05, 3.63) is 4.91 Å². The van der Waals surface area contributed by atoms with Crippen LogP contribution in [0, 0.1) is 10.8 Å². The van der Waals surface area contributed by atoms with Gasteiger partial charge < -0.3 is 5.73 Å². The van der Waals surface area contributed by atoms with Gasteiger partial charge in [-0.3, -0.25) is 4.99 Å². The van der Waals surface area contributed by atoms with E-state index in [1.807, 2.05) is 13.8 Å². The van der Waals surface area contributed by atoms with Gasteiger partial charge in [-0.2, -0.15) is 0 Å². The largest absolute Gasteiger partial charge is 0.312 e. The van der Waals surface area contributed by atoms with Crippen molar-refractivity contribution in [1.82, 2.24) is 0 Å². The van der Waals surface area contributed by atoms with Crippen molar-refractivity contribution >= 4 is 5.84 Å². The summed E-state index contributed by atoms with van der Waals surface area (Å²) in [7, 11) is 0. The molecule has 2 N–H and O–H groups in total. The number of nitroso groups, excluding NO2 is 1. The minimum Gasteiger partial charge on any atom is -0.312 e. The van der Waals surface area contributed by atoms with Crippen molar-refractivity contribution in [3.63, 3.8) is 0 Å². The maximum atomic E-state index is 9.90. The molecule has 0 aliphatic heterocycles. The smallest absolute Gasteiger partial charge is 0.172 e. The van der Waals surface area contributed by atoms with Crippen molar-refractivity contribution in [1.29, 1.82) is 0 Å². The lowest BCUT2D eigenvalue weighted by molar-refractivity contribution is 0.856. The molecule has 4 heteroatoms. The van der Waals surface area contributed by atoms with Gasteiger partial charge in [-0.1, -0.05) is 13.8 Å². The lowest BCUT2D eigenvalue weighted by Gasteiger charge is -1.97. The molecule has 4 nitrogen and oxygen atoms in total. The number of aliphatic imine (C=N–C) groups is 1. The van der Waals surface area contributed by atoms with E-state index < -0.39 is 0 Å². The Bertz CT molecular complexity index is 119. The number of nitrogens with two attached hydrogens (primary N) is 1. The highest BCUT2D eigenvalue weighted by Gasteiger charge is 2.02. The zero-order valence-corrected chi connectivity index (χ0v) is 5.66. The Morgan fingerprint density at radius 3 is 2.33 bits per heavy atom. The topological polar surface area (TPSA) is 67.8 Å². The van der Waals surface area contributed by atoms with Crippen LogP contribution in [0.4, 0.5) is 0 Å². The first-order valence-electron chi connectivity index (χ1n) is 2.80. The van der Waals surface area contributed by atoms with Crippen molar-refractivity contribution in [3.8, 4) is 0 Å². The number of rotatable bonds is 2. The van der Waals surface area contributed by atoms with Gasteiger partial charge in [-0.25, -0.2) is 0 Å². The standard InChI is InChI=1S/C5H11N3O/c1-4(2)5(8-9)7-3-6/h4H,3,6H2,1-2H3. The van der Waals surface area contributed by atoms with Gasteiger partial charge in [0.05, 0.1) is 6.67 Å². The van der Waals surface area contributed by atoms with Gasteiger partial charge in [0.25, 0.3) is 0 Å². The van der Waals surface area contributed by atoms with Crippen LogP contribution in [0.5, 0.6) is 0 Å². The van der Waals surface area contributed by atoms with Gasteiger partial charge in [0, 0.05) is 5.92 Å². The SMILES string of the molecule is CC(C)C(N=O)=NCN. The van der Waals surface area contributed by atoms with Crippen molar-refractivity contribution in [2.75, 3.05) is 6.67 Å². The second kappa shape index (κ2) is 4.14. The fourth-order valence-corrected chi connectivity index (χ4v) is 0.410. The highest BCUT2D eigenvalue weighted by molar-refractivity contribution is 5.84. The summed E-state index contributed by atoms with van der Waals surface area (Å²) < 4.78 is 0. The van der Waals surface area contributed by atoms with Crippen LogP contribution in [-0.2, 0) is 0 Å². The third-order valence-electron chi connectivity index (χ3n) is 0.863. The molecular formula is C5H11N3O. The summed E-state index contributed by atoms with van der Waals surface area (Å²) >= 11 is 0. The van der Waals surface area contributed by atoms with Crippen molar-refractivity contribution in [2.24, 2.45) is 21.8 Å². The van der Waals surface area contributed by atoms with Crippen LogP contribution in [0.1, 0.15) is 13.8 Å². The number of amidine groups is 1. The Morgan fingerprint density at radius 1 is 1.67 bits per heavy atom. The molecular weight excluding hydrogens is 118 g/mol. The Morgan fingerprint density at radius 2 is 2.22 bits per heavy atom. The molecule has 0 saturated carbocycles. The molecule has 0 atom stereocenters. The predicted octanol–water partition coefficient (Wildman–Crippen LogP) is 0.724. The molecule has 0 aromatic carbocycles.